The standard InChI is InChI=1S/C17H18F3N3O5/c1-26-8-7-23(9-14-21-13(10-28-14)15(24)27-2)16(25)22-12-6-4-3-5-11(12)17(18,19)20/h3-6,10H,7-9H2,1-2H3,(H,22,25). The molecule has 2 aromatic rings. The van der Waals surface area contributed by atoms with Crippen molar-refractivity contribution < 1.29 is 36.7 Å². The molecule has 1 heterocycles. The van der Waals surface area contributed by atoms with Crippen molar-refractivity contribution >= 4 is 17.7 Å². The number of hydrogen-bond acceptors (Lipinski definition) is 6. The summed E-state index contributed by atoms with van der Waals surface area (Å²) in [6, 6.07) is 3.80. The smallest absolute Gasteiger partial charge is 0.418 e. The molecule has 0 bridgehead atoms. The van der Waals surface area contributed by atoms with E-state index in [1.807, 2.05) is 0 Å². The average molecular weight is 401 g/mol. The first-order valence-corrected chi connectivity index (χ1v) is 8.00. The quantitative estimate of drug-likeness (QED) is 0.717. The molecule has 2 rings (SSSR count). The number of ether oxygens (including phenoxy) is 2. The van der Waals surface area contributed by atoms with E-state index in [2.05, 4.69) is 15.0 Å². The summed E-state index contributed by atoms with van der Waals surface area (Å²) < 4.78 is 53.9. The van der Waals surface area contributed by atoms with Crippen molar-refractivity contribution in [1.82, 2.24) is 9.88 Å². The number of oxazole rings is 1. The minimum atomic E-state index is -4.63. The van der Waals surface area contributed by atoms with E-state index in [-0.39, 0.29) is 37.0 Å². The number of methoxy groups -OCH3 is 2. The fourth-order valence-corrected chi connectivity index (χ4v) is 2.23. The van der Waals surface area contributed by atoms with Crippen LogP contribution in [0.4, 0.5) is 23.7 Å². The Kier molecular flexibility index (Phi) is 6.99. The fraction of sp³-hybridized carbons (Fsp3) is 0.353. The van der Waals surface area contributed by atoms with E-state index in [1.54, 1.807) is 0 Å². The number of anilines is 1. The lowest BCUT2D eigenvalue weighted by Crippen LogP contribution is -2.37. The van der Waals surface area contributed by atoms with Gasteiger partial charge in [0.15, 0.2) is 5.69 Å². The number of nitrogens with zero attached hydrogens (tertiary/aromatic N) is 2. The van der Waals surface area contributed by atoms with Crippen LogP contribution in [0.3, 0.4) is 0 Å². The number of aromatic nitrogens is 1. The molecule has 0 saturated heterocycles. The van der Waals surface area contributed by atoms with E-state index in [1.165, 1.54) is 26.4 Å². The molecular weight excluding hydrogens is 383 g/mol. The Morgan fingerprint density at radius 3 is 2.61 bits per heavy atom. The van der Waals surface area contributed by atoms with Gasteiger partial charge in [-0.05, 0) is 12.1 Å². The van der Waals surface area contributed by atoms with Gasteiger partial charge in [0.2, 0.25) is 5.89 Å². The maximum Gasteiger partial charge on any atom is 0.418 e. The molecule has 0 radical (unpaired) electrons. The monoisotopic (exact) mass is 401 g/mol. The van der Waals surface area contributed by atoms with E-state index < -0.39 is 23.7 Å². The zero-order chi connectivity index (χ0) is 20.7. The van der Waals surface area contributed by atoms with Crippen LogP contribution in [0, 0.1) is 0 Å². The summed E-state index contributed by atoms with van der Waals surface area (Å²) >= 11 is 0. The molecule has 0 aliphatic rings. The van der Waals surface area contributed by atoms with Crippen LogP contribution in [0.15, 0.2) is 34.9 Å². The summed E-state index contributed by atoms with van der Waals surface area (Å²) in [5.74, 6) is -0.710. The number of carbonyl (C=O) groups is 2. The van der Waals surface area contributed by atoms with Gasteiger partial charge in [0, 0.05) is 13.7 Å². The van der Waals surface area contributed by atoms with Gasteiger partial charge in [0.25, 0.3) is 0 Å². The van der Waals surface area contributed by atoms with Gasteiger partial charge in [0.1, 0.15) is 6.26 Å². The van der Waals surface area contributed by atoms with Crippen LogP contribution in [-0.4, -0.2) is 49.3 Å². The van der Waals surface area contributed by atoms with Crippen LogP contribution in [0.2, 0.25) is 0 Å². The third-order valence-electron chi connectivity index (χ3n) is 3.60. The molecule has 152 valence electrons. The number of halogens is 3. The van der Waals surface area contributed by atoms with Crippen LogP contribution < -0.4 is 5.32 Å². The van der Waals surface area contributed by atoms with Crippen LogP contribution >= 0.6 is 0 Å². The Morgan fingerprint density at radius 2 is 1.96 bits per heavy atom. The lowest BCUT2D eigenvalue weighted by Gasteiger charge is -2.22. The number of para-hydroxylation sites is 1. The van der Waals surface area contributed by atoms with Crippen molar-refractivity contribution in [2.45, 2.75) is 12.7 Å². The summed E-state index contributed by atoms with van der Waals surface area (Å²) in [5, 5.41) is 2.24. The second-order valence-corrected chi connectivity index (χ2v) is 5.51. The molecule has 1 aromatic heterocycles. The first kappa shape index (κ1) is 21.2. The number of hydrogen-bond donors (Lipinski definition) is 1. The molecule has 11 heteroatoms. The van der Waals surface area contributed by atoms with E-state index >= 15 is 0 Å². The van der Waals surface area contributed by atoms with E-state index in [4.69, 9.17) is 9.15 Å². The molecule has 0 aliphatic heterocycles. The highest BCUT2D eigenvalue weighted by Gasteiger charge is 2.34. The van der Waals surface area contributed by atoms with Gasteiger partial charge < -0.3 is 24.1 Å². The maximum absolute atomic E-state index is 13.1. The molecule has 0 unspecified atom stereocenters. The van der Waals surface area contributed by atoms with Crippen molar-refractivity contribution in [3.8, 4) is 0 Å². The largest absolute Gasteiger partial charge is 0.464 e. The molecule has 28 heavy (non-hydrogen) atoms. The Balaban J connectivity index is 2.18. The van der Waals surface area contributed by atoms with Gasteiger partial charge in [-0.15, -0.1) is 0 Å². The van der Waals surface area contributed by atoms with E-state index in [0.29, 0.717) is 0 Å². The Morgan fingerprint density at radius 1 is 1.25 bits per heavy atom. The summed E-state index contributed by atoms with van der Waals surface area (Å²) in [4.78, 5) is 29.0. The number of esters is 1. The normalized spacial score (nSPS) is 11.2. The van der Waals surface area contributed by atoms with Crippen LogP contribution in [0.5, 0.6) is 0 Å². The van der Waals surface area contributed by atoms with E-state index in [0.717, 1.165) is 23.3 Å². The van der Waals surface area contributed by atoms with Crippen LogP contribution in [0.1, 0.15) is 21.9 Å². The number of carbonyl (C=O) groups excluding carboxylic acids is 2. The molecule has 0 aliphatic carbocycles. The second kappa shape index (κ2) is 9.22. The highest BCUT2D eigenvalue weighted by Crippen LogP contribution is 2.34. The summed E-state index contributed by atoms with van der Waals surface area (Å²) in [5.41, 5.74) is -1.45. The summed E-state index contributed by atoms with van der Waals surface area (Å²) in [6.45, 7) is -0.0221. The second-order valence-electron chi connectivity index (χ2n) is 5.51. The van der Waals surface area contributed by atoms with Crippen molar-refractivity contribution in [1.29, 1.82) is 0 Å². The van der Waals surface area contributed by atoms with Gasteiger partial charge in [-0.25, -0.2) is 14.6 Å². The zero-order valence-corrected chi connectivity index (χ0v) is 15.1. The van der Waals surface area contributed by atoms with Crippen molar-refractivity contribution in [2.24, 2.45) is 0 Å². The van der Waals surface area contributed by atoms with Crippen LogP contribution in [-0.2, 0) is 22.2 Å². The molecule has 1 N–H and O–H groups in total. The third kappa shape index (κ3) is 5.46. The summed E-state index contributed by atoms with van der Waals surface area (Å²) in [7, 11) is 2.59. The Labute approximate surface area is 158 Å². The lowest BCUT2D eigenvalue weighted by atomic mass is 10.1. The van der Waals surface area contributed by atoms with Gasteiger partial charge in [-0.2, -0.15) is 13.2 Å². The predicted octanol–water partition coefficient (Wildman–Crippen LogP) is 3.16. The lowest BCUT2D eigenvalue weighted by molar-refractivity contribution is -0.136. The van der Waals surface area contributed by atoms with Gasteiger partial charge in [-0.3, -0.25) is 0 Å². The number of nitrogens with one attached hydrogen (secondary N) is 1. The van der Waals surface area contributed by atoms with Crippen LogP contribution in [0.25, 0.3) is 0 Å². The molecule has 0 atom stereocenters. The van der Waals surface area contributed by atoms with Crippen molar-refractivity contribution in [2.75, 3.05) is 32.7 Å². The molecule has 8 nitrogen and oxygen atoms in total. The van der Waals surface area contributed by atoms with Gasteiger partial charge >= 0.3 is 18.2 Å². The molecule has 0 saturated carbocycles. The molecule has 2 amide bonds. The molecule has 0 fully saturated rings. The molecule has 1 aromatic carbocycles. The first-order chi connectivity index (χ1) is 13.3. The third-order valence-corrected chi connectivity index (χ3v) is 3.60. The zero-order valence-electron chi connectivity index (χ0n) is 15.1. The number of alkyl halides is 3. The van der Waals surface area contributed by atoms with E-state index in [9.17, 15) is 22.8 Å². The predicted molar refractivity (Wildman–Crippen MR) is 90.6 cm³/mol. The molecular formula is C17H18F3N3O5. The van der Waals surface area contributed by atoms with Gasteiger partial charge in [0.05, 0.1) is 31.5 Å². The minimum Gasteiger partial charge on any atom is -0.464 e. The Hall–Kier alpha value is -3.08. The number of benzene rings is 1. The number of urea groups is 1. The minimum absolute atomic E-state index is 0.00996. The van der Waals surface area contributed by atoms with Gasteiger partial charge in [-0.1, -0.05) is 12.1 Å². The first-order valence-electron chi connectivity index (χ1n) is 8.00. The number of rotatable bonds is 7. The maximum atomic E-state index is 13.1. The van der Waals surface area contributed by atoms with Crippen molar-refractivity contribution in [3.63, 3.8) is 0 Å². The topological polar surface area (TPSA) is 93.9 Å². The van der Waals surface area contributed by atoms with Crippen molar-refractivity contribution in [3.05, 3.63) is 47.7 Å². The highest BCUT2D eigenvalue weighted by molar-refractivity contribution is 5.90. The highest BCUT2D eigenvalue weighted by atomic mass is 19.4. The summed E-state index contributed by atoms with van der Waals surface area (Å²) in [6.07, 6.45) is -3.56. The molecule has 0 spiro atoms. The fourth-order valence-electron chi connectivity index (χ4n) is 2.23. The Bertz CT molecular complexity index is 822. The number of amides is 2. The SMILES string of the molecule is COCCN(Cc1nc(C(=O)OC)co1)C(=O)Nc1ccccc1C(F)(F)F. The average Bonchev–Trinajstić information content (AvgIpc) is 3.12.